The number of hydrogen-bond donors (Lipinski definition) is 0. The molecule has 1 saturated heterocycles. The van der Waals surface area contributed by atoms with E-state index in [9.17, 15) is 9.59 Å². The van der Waals surface area contributed by atoms with Crippen LogP contribution in [-0.4, -0.2) is 47.8 Å². The number of rotatable bonds is 2. The molecule has 0 N–H and O–H groups in total. The Labute approximate surface area is 150 Å². The zero-order valence-corrected chi connectivity index (χ0v) is 15.1. The van der Waals surface area contributed by atoms with Gasteiger partial charge in [-0.25, -0.2) is 0 Å². The zero-order chi connectivity index (χ0) is 17.1. The van der Waals surface area contributed by atoms with E-state index in [1.54, 1.807) is 11.8 Å². The van der Waals surface area contributed by atoms with E-state index in [4.69, 9.17) is 11.6 Å². The summed E-state index contributed by atoms with van der Waals surface area (Å²) in [6.07, 6.45) is 0.817. The van der Waals surface area contributed by atoms with E-state index in [0.717, 1.165) is 28.3 Å². The summed E-state index contributed by atoms with van der Waals surface area (Å²) in [6.45, 7) is 4.18. The molecule has 0 saturated carbocycles. The summed E-state index contributed by atoms with van der Waals surface area (Å²) in [5.41, 5.74) is 1.02. The molecule has 0 aliphatic carbocycles. The molecule has 6 heteroatoms. The molecule has 1 aliphatic rings. The lowest BCUT2D eigenvalue weighted by Crippen LogP contribution is -2.36. The van der Waals surface area contributed by atoms with Crippen LogP contribution in [-0.2, 0) is 4.79 Å². The van der Waals surface area contributed by atoms with E-state index < -0.39 is 0 Å². The van der Waals surface area contributed by atoms with Gasteiger partial charge in [0.15, 0.2) is 0 Å². The molecule has 1 aromatic heterocycles. The van der Waals surface area contributed by atoms with Crippen molar-refractivity contribution < 1.29 is 9.59 Å². The van der Waals surface area contributed by atoms with E-state index >= 15 is 0 Å². The molecule has 0 spiro atoms. The van der Waals surface area contributed by atoms with E-state index in [1.807, 2.05) is 41.3 Å². The van der Waals surface area contributed by atoms with Gasteiger partial charge in [0.25, 0.3) is 5.91 Å². The fraction of sp³-hybridized carbons (Fsp3) is 0.333. The van der Waals surface area contributed by atoms with Gasteiger partial charge in [0, 0.05) is 43.0 Å². The Morgan fingerprint density at radius 2 is 1.79 bits per heavy atom. The Hall–Kier alpha value is -1.85. The van der Waals surface area contributed by atoms with Crippen LogP contribution >= 0.6 is 22.9 Å². The molecule has 4 nitrogen and oxygen atoms in total. The molecule has 2 amide bonds. The minimum Gasteiger partial charge on any atom is -0.341 e. The van der Waals surface area contributed by atoms with Crippen molar-refractivity contribution in [3.8, 4) is 10.4 Å². The van der Waals surface area contributed by atoms with E-state index in [0.29, 0.717) is 24.7 Å². The smallest absolute Gasteiger partial charge is 0.264 e. The third kappa shape index (κ3) is 3.79. The van der Waals surface area contributed by atoms with Gasteiger partial charge in [-0.2, -0.15) is 0 Å². The van der Waals surface area contributed by atoms with Crippen molar-refractivity contribution in [1.82, 2.24) is 9.80 Å². The first-order valence-electron chi connectivity index (χ1n) is 7.95. The third-order valence-electron chi connectivity index (χ3n) is 4.15. The summed E-state index contributed by atoms with van der Waals surface area (Å²) in [6, 6.07) is 11.5. The third-order valence-corrected chi connectivity index (χ3v) is 5.51. The van der Waals surface area contributed by atoms with Crippen LogP contribution < -0.4 is 0 Å². The first-order chi connectivity index (χ1) is 11.5. The maximum absolute atomic E-state index is 12.7. The number of carbonyl (C=O) groups excluding carboxylic acids is 2. The van der Waals surface area contributed by atoms with E-state index in [-0.39, 0.29) is 11.8 Å². The number of halogens is 1. The van der Waals surface area contributed by atoms with Crippen LogP contribution in [0.3, 0.4) is 0 Å². The second kappa shape index (κ2) is 7.36. The summed E-state index contributed by atoms with van der Waals surface area (Å²) in [7, 11) is 0. The molecule has 2 heterocycles. The molecular formula is C18H19ClN2O2S. The second-order valence-corrected chi connectivity index (χ2v) is 7.35. The molecule has 0 unspecified atom stereocenters. The molecular weight excluding hydrogens is 344 g/mol. The molecule has 0 atom stereocenters. The molecule has 24 heavy (non-hydrogen) atoms. The van der Waals surface area contributed by atoms with Gasteiger partial charge >= 0.3 is 0 Å². The first-order valence-corrected chi connectivity index (χ1v) is 9.14. The topological polar surface area (TPSA) is 40.6 Å². The maximum Gasteiger partial charge on any atom is 0.264 e. The summed E-state index contributed by atoms with van der Waals surface area (Å²) in [5.74, 6) is 0.113. The Bertz CT molecular complexity index is 759. The Morgan fingerprint density at radius 3 is 2.54 bits per heavy atom. The van der Waals surface area contributed by atoms with Crippen molar-refractivity contribution in [3.05, 3.63) is 46.3 Å². The summed E-state index contributed by atoms with van der Waals surface area (Å²) in [5, 5.41) is 0.686. The monoisotopic (exact) mass is 362 g/mol. The highest BCUT2D eigenvalue weighted by Gasteiger charge is 2.22. The van der Waals surface area contributed by atoms with Crippen molar-refractivity contribution in [2.75, 3.05) is 26.2 Å². The lowest BCUT2D eigenvalue weighted by Gasteiger charge is -2.20. The van der Waals surface area contributed by atoms with Crippen LogP contribution in [0.5, 0.6) is 0 Å². The molecule has 1 aliphatic heterocycles. The average Bonchev–Trinajstić information content (AvgIpc) is 2.92. The van der Waals surface area contributed by atoms with Crippen LogP contribution in [0.2, 0.25) is 5.02 Å². The fourth-order valence-electron chi connectivity index (χ4n) is 2.84. The SMILES string of the molecule is CC(=O)N1CCCN(C(=O)c2ccc(-c3cccc(Cl)c3)s2)CC1. The predicted octanol–water partition coefficient (Wildman–Crippen LogP) is 3.76. The maximum atomic E-state index is 12.7. The number of hydrogen-bond acceptors (Lipinski definition) is 3. The highest BCUT2D eigenvalue weighted by Crippen LogP contribution is 2.30. The van der Waals surface area contributed by atoms with Gasteiger partial charge in [-0.3, -0.25) is 9.59 Å². The molecule has 0 radical (unpaired) electrons. The van der Waals surface area contributed by atoms with E-state index in [1.165, 1.54) is 11.3 Å². The predicted molar refractivity (Wildman–Crippen MR) is 97.5 cm³/mol. The van der Waals surface area contributed by atoms with Gasteiger partial charge in [0.1, 0.15) is 0 Å². The average molecular weight is 363 g/mol. The number of thiophene rings is 1. The van der Waals surface area contributed by atoms with Crippen molar-refractivity contribution in [1.29, 1.82) is 0 Å². The van der Waals surface area contributed by atoms with E-state index in [2.05, 4.69) is 0 Å². The largest absolute Gasteiger partial charge is 0.341 e. The summed E-state index contributed by atoms with van der Waals surface area (Å²) >= 11 is 7.52. The van der Waals surface area contributed by atoms with Crippen LogP contribution in [0.1, 0.15) is 23.0 Å². The van der Waals surface area contributed by atoms with Crippen molar-refractivity contribution in [2.45, 2.75) is 13.3 Å². The Balaban J connectivity index is 1.73. The van der Waals surface area contributed by atoms with Crippen LogP contribution in [0.25, 0.3) is 10.4 Å². The van der Waals surface area contributed by atoms with Gasteiger partial charge < -0.3 is 9.80 Å². The van der Waals surface area contributed by atoms with Gasteiger partial charge in [0.2, 0.25) is 5.91 Å². The van der Waals surface area contributed by atoms with Gasteiger partial charge in [0.05, 0.1) is 4.88 Å². The van der Waals surface area contributed by atoms with Gasteiger partial charge in [-0.15, -0.1) is 11.3 Å². The molecule has 1 fully saturated rings. The minimum atomic E-state index is 0.0404. The van der Waals surface area contributed by atoms with Crippen LogP contribution in [0.4, 0.5) is 0 Å². The highest BCUT2D eigenvalue weighted by molar-refractivity contribution is 7.17. The summed E-state index contributed by atoms with van der Waals surface area (Å²) < 4.78 is 0. The lowest BCUT2D eigenvalue weighted by molar-refractivity contribution is -0.128. The fourth-order valence-corrected chi connectivity index (χ4v) is 4.00. The van der Waals surface area contributed by atoms with Crippen molar-refractivity contribution in [3.63, 3.8) is 0 Å². The standard InChI is InChI=1S/C18H19ClN2O2S/c1-13(22)20-8-3-9-21(11-10-20)18(23)17-7-6-16(24-17)14-4-2-5-15(19)12-14/h2,4-7,12H,3,8-11H2,1H3. The molecule has 0 bridgehead atoms. The molecule has 126 valence electrons. The lowest BCUT2D eigenvalue weighted by atomic mass is 10.2. The Morgan fingerprint density at radius 1 is 1.04 bits per heavy atom. The minimum absolute atomic E-state index is 0.0404. The van der Waals surface area contributed by atoms with Gasteiger partial charge in [-0.1, -0.05) is 23.7 Å². The number of benzene rings is 1. The highest BCUT2D eigenvalue weighted by atomic mass is 35.5. The normalized spacial score (nSPS) is 15.2. The Kier molecular flexibility index (Phi) is 5.21. The quantitative estimate of drug-likeness (QED) is 0.816. The van der Waals surface area contributed by atoms with Crippen LogP contribution in [0, 0.1) is 0 Å². The number of nitrogens with zero attached hydrogens (tertiary/aromatic N) is 2. The number of carbonyl (C=O) groups is 2. The molecule has 3 rings (SSSR count). The second-order valence-electron chi connectivity index (χ2n) is 5.83. The van der Waals surface area contributed by atoms with Gasteiger partial charge in [-0.05, 0) is 36.2 Å². The van der Waals surface area contributed by atoms with Crippen LogP contribution in [0.15, 0.2) is 36.4 Å². The number of amides is 2. The van der Waals surface area contributed by atoms with Crippen molar-refractivity contribution in [2.24, 2.45) is 0 Å². The zero-order valence-electron chi connectivity index (χ0n) is 13.5. The molecule has 2 aromatic rings. The molecule has 1 aromatic carbocycles. The first kappa shape index (κ1) is 17.0. The summed E-state index contributed by atoms with van der Waals surface area (Å²) in [4.78, 5) is 29.6. The van der Waals surface area contributed by atoms with Crippen molar-refractivity contribution >= 4 is 34.8 Å².